The number of anilines is 1. The molecule has 2 fully saturated rings. The number of nitrogens with zero attached hydrogens (tertiary/aromatic N) is 3. The second kappa shape index (κ2) is 10.3. The fourth-order valence-electron chi connectivity index (χ4n) is 5.13. The highest BCUT2D eigenvalue weighted by Gasteiger charge is 2.53. The molecular formula is C29H30N4O4. The molecule has 1 N–H and O–H groups in total. The lowest BCUT2D eigenvalue weighted by Gasteiger charge is -2.37. The minimum Gasteiger partial charge on any atom is -0.495 e. The minimum absolute atomic E-state index is 0.244. The third-order valence-corrected chi connectivity index (χ3v) is 7.11. The van der Waals surface area contributed by atoms with Crippen molar-refractivity contribution in [3.63, 3.8) is 0 Å². The van der Waals surface area contributed by atoms with Gasteiger partial charge in [-0.1, -0.05) is 72.8 Å². The van der Waals surface area contributed by atoms with Gasteiger partial charge >= 0.3 is 6.03 Å². The molecule has 1 atom stereocenters. The predicted octanol–water partition coefficient (Wildman–Crippen LogP) is 3.03. The molecule has 8 nitrogen and oxygen atoms in total. The number of urea groups is 1. The number of piperazine rings is 1. The van der Waals surface area contributed by atoms with Gasteiger partial charge < -0.3 is 19.9 Å². The van der Waals surface area contributed by atoms with Gasteiger partial charge in [0.25, 0.3) is 5.91 Å². The number of carbonyl (C=O) groups excluding carboxylic acids is 3. The molecule has 2 saturated heterocycles. The number of amides is 4. The number of methoxy groups -OCH3 is 1. The number of ether oxygens (including phenoxy) is 1. The largest absolute Gasteiger partial charge is 0.495 e. The normalized spacial score (nSPS) is 19.6. The number of para-hydroxylation sites is 2. The highest BCUT2D eigenvalue weighted by molar-refractivity contribution is 6.09. The molecule has 3 aromatic carbocycles. The molecule has 37 heavy (non-hydrogen) atoms. The van der Waals surface area contributed by atoms with E-state index in [2.05, 4.69) is 10.2 Å². The van der Waals surface area contributed by atoms with E-state index in [1.165, 1.54) is 0 Å². The Labute approximate surface area is 216 Å². The number of benzene rings is 3. The van der Waals surface area contributed by atoms with Crippen LogP contribution in [-0.2, 0) is 21.5 Å². The van der Waals surface area contributed by atoms with Crippen LogP contribution >= 0.6 is 0 Å². The van der Waals surface area contributed by atoms with Gasteiger partial charge in [0.15, 0.2) is 5.54 Å². The molecular weight excluding hydrogens is 468 g/mol. The van der Waals surface area contributed by atoms with Crippen molar-refractivity contribution in [2.45, 2.75) is 12.0 Å². The van der Waals surface area contributed by atoms with Gasteiger partial charge in [-0.25, -0.2) is 4.79 Å². The summed E-state index contributed by atoms with van der Waals surface area (Å²) < 4.78 is 5.47. The molecule has 1 unspecified atom stereocenters. The molecule has 5 rings (SSSR count). The van der Waals surface area contributed by atoms with Crippen molar-refractivity contribution in [3.8, 4) is 5.75 Å². The maximum atomic E-state index is 13.8. The summed E-state index contributed by atoms with van der Waals surface area (Å²) >= 11 is 0. The van der Waals surface area contributed by atoms with E-state index in [0.717, 1.165) is 21.9 Å². The van der Waals surface area contributed by atoms with Gasteiger partial charge in [-0.05, 0) is 23.3 Å². The molecule has 0 aliphatic carbocycles. The van der Waals surface area contributed by atoms with Gasteiger partial charge in [-0.3, -0.25) is 14.5 Å². The fourth-order valence-corrected chi connectivity index (χ4v) is 5.13. The van der Waals surface area contributed by atoms with Crippen LogP contribution in [0.15, 0.2) is 84.9 Å². The van der Waals surface area contributed by atoms with Crippen LogP contribution in [0.4, 0.5) is 10.5 Å². The third kappa shape index (κ3) is 4.74. The zero-order valence-electron chi connectivity index (χ0n) is 20.8. The average Bonchev–Trinajstić information content (AvgIpc) is 3.19. The summed E-state index contributed by atoms with van der Waals surface area (Å²) in [5, 5.41) is 2.93. The van der Waals surface area contributed by atoms with E-state index in [4.69, 9.17) is 4.74 Å². The van der Waals surface area contributed by atoms with Crippen molar-refractivity contribution in [1.82, 2.24) is 15.1 Å². The van der Waals surface area contributed by atoms with Crippen LogP contribution in [0.5, 0.6) is 5.75 Å². The van der Waals surface area contributed by atoms with Crippen LogP contribution in [0.2, 0.25) is 0 Å². The van der Waals surface area contributed by atoms with E-state index in [-0.39, 0.29) is 12.5 Å². The van der Waals surface area contributed by atoms with Gasteiger partial charge in [0.2, 0.25) is 5.91 Å². The smallest absolute Gasteiger partial charge is 0.325 e. The molecule has 190 valence electrons. The Morgan fingerprint density at radius 2 is 1.49 bits per heavy atom. The standard InChI is InChI=1S/C29H30N4O4/c1-37-25-15-9-8-14-24(25)31-16-18-32(19-17-31)26(34)21-33-27(35)29(30-28(33)36,23-12-6-3-7-13-23)20-22-10-4-2-5-11-22/h2-15H,16-21H2,1H3,(H,30,36). The van der Waals surface area contributed by atoms with Gasteiger partial charge in [-0.2, -0.15) is 0 Å². The molecule has 0 radical (unpaired) electrons. The lowest BCUT2D eigenvalue weighted by atomic mass is 9.83. The maximum Gasteiger partial charge on any atom is 0.325 e. The van der Waals surface area contributed by atoms with Crippen molar-refractivity contribution in [3.05, 3.63) is 96.1 Å². The second-order valence-corrected chi connectivity index (χ2v) is 9.29. The first-order chi connectivity index (χ1) is 18.0. The average molecular weight is 499 g/mol. The number of rotatable bonds is 7. The highest BCUT2D eigenvalue weighted by atomic mass is 16.5. The predicted molar refractivity (Wildman–Crippen MR) is 140 cm³/mol. The van der Waals surface area contributed by atoms with Crippen molar-refractivity contribution >= 4 is 23.5 Å². The molecule has 0 spiro atoms. The van der Waals surface area contributed by atoms with Gasteiger partial charge in [0.1, 0.15) is 12.3 Å². The van der Waals surface area contributed by atoms with E-state index in [1.54, 1.807) is 12.0 Å². The highest BCUT2D eigenvalue weighted by Crippen LogP contribution is 2.33. The maximum absolute atomic E-state index is 13.8. The quantitative estimate of drug-likeness (QED) is 0.507. The fraction of sp³-hybridized carbons (Fsp3) is 0.276. The van der Waals surface area contributed by atoms with E-state index in [1.807, 2.05) is 84.9 Å². The summed E-state index contributed by atoms with van der Waals surface area (Å²) in [4.78, 5) is 45.1. The van der Waals surface area contributed by atoms with Crippen LogP contribution in [-0.4, -0.2) is 67.5 Å². The first-order valence-corrected chi connectivity index (χ1v) is 12.4. The molecule has 2 aliphatic rings. The molecule has 3 aromatic rings. The lowest BCUT2D eigenvalue weighted by molar-refractivity contribution is -0.139. The molecule has 4 amide bonds. The van der Waals surface area contributed by atoms with Crippen LogP contribution in [0.1, 0.15) is 11.1 Å². The number of hydrogen-bond donors (Lipinski definition) is 1. The summed E-state index contributed by atoms with van der Waals surface area (Å²) in [6.45, 7) is 1.97. The Kier molecular flexibility index (Phi) is 6.81. The van der Waals surface area contributed by atoms with Crippen LogP contribution in [0.3, 0.4) is 0 Å². The van der Waals surface area contributed by atoms with Gasteiger partial charge in [0, 0.05) is 32.6 Å². The summed E-state index contributed by atoms with van der Waals surface area (Å²) in [6.07, 6.45) is 0.296. The Hall–Kier alpha value is -4.33. The molecule has 2 aliphatic heterocycles. The number of hydrogen-bond acceptors (Lipinski definition) is 5. The Balaban J connectivity index is 1.30. The Morgan fingerprint density at radius 1 is 0.865 bits per heavy atom. The lowest BCUT2D eigenvalue weighted by Crippen LogP contribution is -2.52. The van der Waals surface area contributed by atoms with Crippen LogP contribution in [0.25, 0.3) is 0 Å². The van der Waals surface area contributed by atoms with Crippen LogP contribution < -0.4 is 15.0 Å². The Morgan fingerprint density at radius 3 is 2.16 bits per heavy atom. The summed E-state index contributed by atoms with van der Waals surface area (Å²) in [5.41, 5.74) is 1.33. The molecule has 8 heteroatoms. The topological polar surface area (TPSA) is 82.2 Å². The molecule has 0 saturated carbocycles. The third-order valence-electron chi connectivity index (χ3n) is 7.11. The summed E-state index contributed by atoms with van der Waals surface area (Å²) in [7, 11) is 1.64. The number of carbonyl (C=O) groups is 3. The SMILES string of the molecule is COc1ccccc1N1CCN(C(=O)CN2C(=O)NC(Cc3ccccc3)(c3ccccc3)C2=O)CC1. The molecule has 0 aromatic heterocycles. The van der Waals surface area contributed by atoms with Crippen molar-refractivity contribution in [2.24, 2.45) is 0 Å². The number of nitrogens with one attached hydrogen (secondary N) is 1. The van der Waals surface area contributed by atoms with Gasteiger partial charge in [-0.15, -0.1) is 0 Å². The van der Waals surface area contributed by atoms with Crippen molar-refractivity contribution < 1.29 is 19.1 Å². The van der Waals surface area contributed by atoms with Crippen LogP contribution in [0, 0.1) is 0 Å². The molecule has 2 heterocycles. The first kappa shape index (κ1) is 24.4. The summed E-state index contributed by atoms with van der Waals surface area (Å²) in [6, 6.07) is 26.1. The van der Waals surface area contributed by atoms with E-state index in [0.29, 0.717) is 38.2 Å². The van der Waals surface area contributed by atoms with Crippen molar-refractivity contribution in [1.29, 1.82) is 0 Å². The number of imide groups is 1. The Bertz CT molecular complexity index is 1280. The summed E-state index contributed by atoms with van der Waals surface area (Å²) in [5.74, 6) is 0.137. The molecule has 0 bridgehead atoms. The van der Waals surface area contributed by atoms with Gasteiger partial charge in [0.05, 0.1) is 12.8 Å². The zero-order valence-corrected chi connectivity index (χ0v) is 20.8. The zero-order chi connectivity index (χ0) is 25.8. The monoisotopic (exact) mass is 498 g/mol. The second-order valence-electron chi connectivity index (χ2n) is 9.29. The van der Waals surface area contributed by atoms with Crippen molar-refractivity contribution in [2.75, 3.05) is 44.7 Å². The first-order valence-electron chi connectivity index (χ1n) is 12.4. The minimum atomic E-state index is -1.26. The van der Waals surface area contributed by atoms with E-state index >= 15 is 0 Å². The van der Waals surface area contributed by atoms with E-state index < -0.39 is 17.5 Å². The van der Waals surface area contributed by atoms with E-state index in [9.17, 15) is 14.4 Å².